The summed E-state index contributed by atoms with van der Waals surface area (Å²) in [4.78, 5) is 17.6. The van der Waals surface area contributed by atoms with Crippen LogP contribution < -0.4 is 0 Å². The van der Waals surface area contributed by atoms with Crippen molar-refractivity contribution >= 4 is 6.09 Å². The standard InChI is InChI=1S/C14H20N2O3/c1-14(2,3)19-13(18)16-8-11(12(17)9-16)10-5-4-6-15-7-10/h4-7,11-12,17H,8-9H2,1-3H3/t11-,12+/m0/s1. The van der Waals surface area contributed by atoms with Crippen LogP contribution in [0.4, 0.5) is 4.79 Å². The first-order valence-electron chi connectivity index (χ1n) is 6.43. The summed E-state index contributed by atoms with van der Waals surface area (Å²) in [5.41, 5.74) is 0.426. The highest BCUT2D eigenvalue weighted by Gasteiger charge is 2.36. The Labute approximate surface area is 113 Å². The fraction of sp³-hybridized carbons (Fsp3) is 0.571. The Morgan fingerprint density at radius 1 is 1.47 bits per heavy atom. The summed E-state index contributed by atoms with van der Waals surface area (Å²) in [7, 11) is 0. The Bertz CT molecular complexity index is 442. The number of ether oxygens (including phenoxy) is 1. The van der Waals surface area contributed by atoms with Gasteiger partial charge in [0.2, 0.25) is 0 Å². The summed E-state index contributed by atoms with van der Waals surface area (Å²) < 4.78 is 5.31. The van der Waals surface area contributed by atoms with Crippen LogP contribution in [0.1, 0.15) is 32.3 Å². The molecule has 1 aromatic rings. The molecule has 1 aliphatic heterocycles. The van der Waals surface area contributed by atoms with E-state index in [4.69, 9.17) is 4.74 Å². The molecule has 0 bridgehead atoms. The number of β-amino-alcohol motifs (C(OH)–C–C–N with tert-alkyl or cyclic N) is 1. The molecular formula is C14H20N2O3. The van der Waals surface area contributed by atoms with Crippen LogP contribution in [0.3, 0.4) is 0 Å². The topological polar surface area (TPSA) is 62.7 Å². The summed E-state index contributed by atoms with van der Waals surface area (Å²) in [5, 5.41) is 10.1. The van der Waals surface area contributed by atoms with Crippen LogP contribution in [0.15, 0.2) is 24.5 Å². The van der Waals surface area contributed by atoms with Crippen LogP contribution in [0.2, 0.25) is 0 Å². The van der Waals surface area contributed by atoms with Gasteiger partial charge in [-0.1, -0.05) is 6.07 Å². The van der Waals surface area contributed by atoms with Crippen LogP contribution in [-0.4, -0.2) is 45.9 Å². The Kier molecular flexibility index (Phi) is 3.75. The minimum Gasteiger partial charge on any atom is -0.444 e. The molecule has 1 fully saturated rings. The largest absolute Gasteiger partial charge is 0.444 e. The van der Waals surface area contributed by atoms with Crippen LogP contribution in [0, 0.1) is 0 Å². The third kappa shape index (κ3) is 3.44. The molecule has 1 amide bonds. The van der Waals surface area contributed by atoms with Crippen LogP contribution >= 0.6 is 0 Å². The van der Waals surface area contributed by atoms with Gasteiger partial charge in [0.15, 0.2) is 0 Å². The van der Waals surface area contributed by atoms with E-state index < -0.39 is 11.7 Å². The molecule has 0 unspecified atom stereocenters. The van der Waals surface area contributed by atoms with Crippen molar-refractivity contribution in [3.05, 3.63) is 30.1 Å². The molecule has 2 atom stereocenters. The van der Waals surface area contributed by atoms with Crippen molar-refractivity contribution in [3.63, 3.8) is 0 Å². The molecule has 104 valence electrons. The van der Waals surface area contributed by atoms with E-state index in [1.54, 1.807) is 17.3 Å². The lowest BCUT2D eigenvalue weighted by molar-refractivity contribution is 0.0270. The van der Waals surface area contributed by atoms with Gasteiger partial charge in [-0.2, -0.15) is 0 Å². The molecule has 2 rings (SSSR count). The highest BCUT2D eigenvalue weighted by atomic mass is 16.6. The second-order valence-corrected chi connectivity index (χ2v) is 5.85. The average Bonchev–Trinajstić information content (AvgIpc) is 2.70. The summed E-state index contributed by atoms with van der Waals surface area (Å²) >= 11 is 0. The van der Waals surface area contributed by atoms with E-state index in [0.29, 0.717) is 13.1 Å². The lowest BCUT2D eigenvalue weighted by Crippen LogP contribution is -2.35. The lowest BCUT2D eigenvalue weighted by Gasteiger charge is -2.24. The maximum Gasteiger partial charge on any atom is 0.410 e. The first-order valence-corrected chi connectivity index (χ1v) is 6.43. The number of rotatable bonds is 1. The number of aliphatic hydroxyl groups excluding tert-OH is 1. The summed E-state index contributed by atoms with van der Waals surface area (Å²) in [5.74, 6) is -0.0961. The van der Waals surface area contributed by atoms with E-state index in [1.165, 1.54) is 0 Å². The number of likely N-dealkylation sites (tertiary alicyclic amines) is 1. The molecule has 0 aromatic carbocycles. The summed E-state index contributed by atoms with van der Waals surface area (Å²) in [6, 6.07) is 3.75. The molecule has 0 aliphatic carbocycles. The second-order valence-electron chi connectivity index (χ2n) is 5.85. The number of pyridine rings is 1. The van der Waals surface area contributed by atoms with Crippen molar-refractivity contribution in [2.24, 2.45) is 0 Å². The van der Waals surface area contributed by atoms with Gasteiger partial charge in [0.1, 0.15) is 5.60 Å². The van der Waals surface area contributed by atoms with Gasteiger partial charge in [-0.25, -0.2) is 4.79 Å². The Hall–Kier alpha value is -1.62. The normalized spacial score (nSPS) is 23.5. The monoisotopic (exact) mass is 264 g/mol. The van der Waals surface area contributed by atoms with Gasteiger partial charge >= 0.3 is 6.09 Å². The SMILES string of the molecule is CC(C)(C)OC(=O)N1C[C@@H](O)[C@H](c2cccnc2)C1. The van der Waals surface area contributed by atoms with Crippen LogP contribution in [-0.2, 0) is 4.74 Å². The molecule has 1 aromatic heterocycles. The number of aliphatic hydroxyl groups is 1. The number of carbonyl (C=O) groups excluding carboxylic acids is 1. The number of hydrogen-bond acceptors (Lipinski definition) is 4. The maximum atomic E-state index is 12.0. The van der Waals surface area contributed by atoms with E-state index in [9.17, 15) is 9.90 Å². The molecule has 2 heterocycles. The van der Waals surface area contributed by atoms with Gasteiger partial charge in [0.25, 0.3) is 0 Å². The van der Waals surface area contributed by atoms with Crippen molar-refractivity contribution in [3.8, 4) is 0 Å². The fourth-order valence-corrected chi connectivity index (χ4v) is 2.19. The van der Waals surface area contributed by atoms with E-state index in [-0.39, 0.29) is 12.0 Å². The van der Waals surface area contributed by atoms with Crippen molar-refractivity contribution in [2.75, 3.05) is 13.1 Å². The Balaban J connectivity index is 2.04. The zero-order chi connectivity index (χ0) is 14.0. The van der Waals surface area contributed by atoms with E-state index in [0.717, 1.165) is 5.56 Å². The average molecular weight is 264 g/mol. The van der Waals surface area contributed by atoms with E-state index in [1.807, 2.05) is 32.9 Å². The molecule has 1 N–H and O–H groups in total. The third-order valence-corrected chi connectivity index (χ3v) is 3.05. The van der Waals surface area contributed by atoms with Crippen molar-refractivity contribution < 1.29 is 14.6 Å². The van der Waals surface area contributed by atoms with Gasteiger partial charge in [0.05, 0.1) is 12.6 Å². The Morgan fingerprint density at radius 2 is 2.21 bits per heavy atom. The summed E-state index contributed by atoms with van der Waals surface area (Å²) in [6.07, 6.45) is 2.47. The first kappa shape index (κ1) is 13.8. The molecule has 1 aliphatic rings. The summed E-state index contributed by atoms with van der Waals surface area (Å²) in [6.45, 7) is 6.25. The molecule has 1 saturated heterocycles. The van der Waals surface area contributed by atoms with Crippen molar-refractivity contribution in [1.82, 2.24) is 9.88 Å². The molecule has 0 spiro atoms. The minimum absolute atomic E-state index is 0.0961. The van der Waals surface area contributed by atoms with Crippen molar-refractivity contribution in [2.45, 2.75) is 38.4 Å². The van der Waals surface area contributed by atoms with Gasteiger partial charge in [-0.15, -0.1) is 0 Å². The minimum atomic E-state index is -0.572. The molecular weight excluding hydrogens is 244 g/mol. The predicted octanol–water partition coefficient (Wildman–Crippen LogP) is 1.78. The molecule has 0 saturated carbocycles. The van der Waals surface area contributed by atoms with Crippen LogP contribution in [0.25, 0.3) is 0 Å². The zero-order valence-electron chi connectivity index (χ0n) is 11.5. The fourth-order valence-electron chi connectivity index (χ4n) is 2.19. The quantitative estimate of drug-likeness (QED) is 0.839. The van der Waals surface area contributed by atoms with Crippen LogP contribution in [0.5, 0.6) is 0 Å². The van der Waals surface area contributed by atoms with Gasteiger partial charge in [-0.05, 0) is 32.4 Å². The van der Waals surface area contributed by atoms with Gasteiger partial charge < -0.3 is 14.7 Å². The van der Waals surface area contributed by atoms with E-state index in [2.05, 4.69) is 4.98 Å². The highest BCUT2D eigenvalue weighted by Crippen LogP contribution is 2.28. The number of hydrogen-bond donors (Lipinski definition) is 1. The molecule has 5 heteroatoms. The molecule has 5 nitrogen and oxygen atoms in total. The van der Waals surface area contributed by atoms with Gasteiger partial charge in [-0.3, -0.25) is 4.98 Å². The lowest BCUT2D eigenvalue weighted by atomic mass is 9.98. The van der Waals surface area contributed by atoms with Crippen molar-refractivity contribution in [1.29, 1.82) is 0 Å². The maximum absolute atomic E-state index is 12.0. The molecule has 0 radical (unpaired) electrons. The predicted molar refractivity (Wildman–Crippen MR) is 70.8 cm³/mol. The number of nitrogens with zero attached hydrogens (tertiary/aromatic N) is 2. The van der Waals surface area contributed by atoms with E-state index >= 15 is 0 Å². The number of aromatic nitrogens is 1. The van der Waals surface area contributed by atoms with Gasteiger partial charge in [0, 0.05) is 24.9 Å². The number of carbonyl (C=O) groups is 1. The first-order chi connectivity index (χ1) is 8.87. The zero-order valence-corrected chi connectivity index (χ0v) is 11.5. The smallest absolute Gasteiger partial charge is 0.410 e. The third-order valence-electron chi connectivity index (χ3n) is 3.05. The molecule has 19 heavy (non-hydrogen) atoms. The second kappa shape index (κ2) is 5.17. The Morgan fingerprint density at radius 3 is 2.79 bits per heavy atom. The number of amides is 1. The highest BCUT2D eigenvalue weighted by molar-refractivity contribution is 5.68.